The molecule has 3 heterocycles. The zero-order chi connectivity index (χ0) is 22.0. The number of aliphatic hydroxyl groups is 1. The van der Waals surface area contributed by atoms with E-state index in [9.17, 15) is 19.5 Å². The normalized spacial score (nSPS) is 17.6. The van der Waals surface area contributed by atoms with Gasteiger partial charge >= 0.3 is 0 Å². The summed E-state index contributed by atoms with van der Waals surface area (Å²) in [4.78, 5) is 46.7. The number of Topliss-reactive ketones (excluding diaryl/α,β-unsaturated/α-hetero) is 1. The van der Waals surface area contributed by atoms with Crippen molar-refractivity contribution < 1.29 is 19.5 Å². The lowest BCUT2D eigenvalue weighted by Crippen LogP contribution is -2.29. The van der Waals surface area contributed by atoms with Gasteiger partial charge in [-0.2, -0.15) is 0 Å². The molecule has 8 nitrogen and oxygen atoms in total. The van der Waals surface area contributed by atoms with Crippen molar-refractivity contribution in [3.05, 3.63) is 90.0 Å². The molecule has 1 atom stereocenters. The van der Waals surface area contributed by atoms with E-state index in [1.807, 2.05) is 0 Å². The number of hydrogen-bond donors (Lipinski definition) is 2. The van der Waals surface area contributed by atoms with Crippen LogP contribution in [0.3, 0.4) is 0 Å². The monoisotopic (exact) mass is 414 g/mol. The molecule has 1 fully saturated rings. The number of amides is 2. The first-order valence-electron chi connectivity index (χ1n) is 9.46. The number of hydrogen-bond acceptors (Lipinski definition) is 6. The minimum atomic E-state index is -0.867. The van der Waals surface area contributed by atoms with Crippen molar-refractivity contribution in [2.45, 2.75) is 13.0 Å². The SMILES string of the molecule is CC(=O)Nc1ccc(N2C(=O)C(=O)/C(=C(\O)c3ccncc3)C2c2cccnc2)cc1. The zero-order valence-electron chi connectivity index (χ0n) is 16.5. The molecule has 1 aliphatic heterocycles. The summed E-state index contributed by atoms with van der Waals surface area (Å²) in [5, 5.41) is 13.6. The van der Waals surface area contributed by atoms with Crippen molar-refractivity contribution in [2.24, 2.45) is 0 Å². The fourth-order valence-electron chi connectivity index (χ4n) is 3.53. The van der Waals surface area contributed by atoms with Crippen LogP contribution in [0.2, 0.25) is 0 Å². The molecule has 0 saturated carbocycles. The molecule has 31 heavy (non-hydrogen) atoms. The summed E-state index contributed by atoms with van der Waals surface area (Å²) >= 11 is 0. The van der Waals surface area contributed by atoms with Crippen molar-refractivity contribution >= 4 is 34.7 Å². The highest BCUT2D eigenvalue weighted by Gasteiger charge is 2.47. The number of benzene rings is 1. The lowest BCUT2D eigenvalue weighted by molar-refractivity contribution is -0.132. The maximum atomic E-state index is 13.0. The molecule has 0 aliphatic carbocycles. The highest BCUT2D eigenvalue weighted by atomic mass is 16.3. The van der Waals surface area contributed by atoms with Crippen LogP contribution in [0.25, 0.3) is 5.76 Å². The quantitative estimate of drug-likeness (QED) is 0.385. The largest absolute Gasteiger partial charge is 0.507 e. The number of pyridine rings is 2. The average molecular weight is 414 g/mol. The standard InChI is InChI=1S/C23H18N4O4/c1-14(28)26-17-4-6-18(7-5-17)27-20(16-3-2-10-25-13-16)19(22(30)23(27)31)21(29)15-8-11-24-12-9-15/h2-13,20,29H,1H3,(H,26,28)/b21-19-. The minimum Gasteiger partial charge on any atom is -0.507 e. The highest BCUT2D eigenvalue weighted by molar-refractivity contribution is 6.51. The first-order chi connectivity index (χ1) is 15.0. The molecule has 0 radical (unpaired) electrons. The van der Waals surface area contributed by atoms with Crippen LogP contribution in [-0.4, -0.2) is 32.7 Å². The first kappa shape index (κ1) is 20.0. The number of anilines is 2. The fourth-order valence-corrected chi connectivity index (χ4v) is 3.53. The van der Waals surface area contributed by atoms with Gasteiger partial charge in [-0.25, -0.2) is 0 Å². The molecule has 1 unspecified atom stereocenters. The third-order valence-corrected chi connectivity index (χ3v) is 4.86. The molecule has 0 bridgehead atoms. The molecule has 4 rings (SSSR count). The number of ketones is 1. The summed E-state index contributed by atoms with van der Waals surface area (Å²) in [6.45, 7) is 1.40. The van der Waals surface area contributed by atoms with Crippen molar-refractivity contribution in [3.8, 4) is 0 Å². The Hall–Kier alpha value is -4.33. The van der Waals surface area contributed by atoms with Gasteiger partial charge in [0.05, 0.1) is 11.6 Å². The van der Waals surface area contributed by atoms with Crippen molar-refractivity contribution in [1.82, 2.24) is 9.97 Å². The van der Waals surface area contributed by atoms with Gasteiger partial charge in [-0.15, -0.1) is 0 Å². The average Bonchev–Trinajstić information content (AvgIpc) is 3.05. The van der Waals surface area contributed by atoms with Crippen molar-refractivity contribution in [1.29, 1.82) is 0 Å². The van der Waals surface area contributed by atoms with E-state index < -0.39 is 17.7 Å². The molecule has 1 aliphatic rings. The number of nitrogens with one attached hydrogen (secondary N) is 1. The lowest BCUT2D eigenvalue weighted by Gasteiger charge is -2.25. The second-order valence-corrected chi connectivity index (χ2v) is 6.92. The summed E-state index contributed by atoms with van der Waals surface area (Å²) < 4.78 is 0. The molecule has 0 spiro atoms. The van der Waals surface area contributed by atoms with Gasteiger partial charge in [0, 0.05) is 48.6 Å². The summed E-state index contributed by atoms with van der Waals surface area (Å²) in [6, 6.07) is 12.2. The molecule has 1 saturated heterocycles. The Morgan fingerprint density at radius 3 is 2.32 bits per heavy atom. The van der Waals surface area contributed by atoms with E-state index in [1.54, 1.807) is 60.9 Å². The number of rotatable bonds is 4. The van der Waals surface area contributed by atoms with Gasteiger partial charge < -0.3 is 10.4 Å². The zero-order valence-corrected chi connectivity index (χ0v) is 16.5. The van der Waals surface area contributed by atoms with Crippen LogP contribution in [-0.2, 0) is 14.4 Å². The van der Waals surface area contributed by atoms with Crippen LogP contribution in [0.1, 0.15) is 24.1 Å². The Kier molecular flexibility index (Phi) is 5.28. The van der Waals surface area contributed by atoms with E-state index in [2.05, 4.69) is 15.3 Å². The van der Waals surface area contributed by atoms with Gasteiger partial charge in [0.15, 0.2) is 0 Å². The highest BCUT2D eigenvalue weighted by Crippen LogP contribution is 2.42. The third-order valence-electron chi connectivity index (χ3n) is 4.86. The van der Waals surface area contributed by atoms with Crippen LogP contribution >= 0.6 is 0 Å². The maximum absolute atomic E-state index is 13.0. The van der Waals surface area contributed by atoms with E-state index >= 15 is 0 Å². The van der Waals surface area contributed by atoms with E-state index in [0.717, 1.165) is 0 Å². The van der Waals surface area contributed by atoms with Gasteiger partial charge in [-0.3, -0.25) is 29.3 Å². The number of aromatic nitrogens is 2. The van der Waals surface area contributed by atoms with Crippen LogP contribution in [0, 0.1) is 0 Å². The topological polar surface area (TPSA) is 112 Å². The lowest BCUT2D eigenvalue weighted by atomic mass is 9.96. The Bertz CT molecular complexity index is 1180. The Morgan fingerprint density at radius 2 is 1.71 bits per heavy atom. The molecule has 2 aromatic heterocycles. The predicted octanol–water partition coefficient (Wildman–Crippen LogP) is 3.06. The molecule has 1 aromatic carbocycles. The molecule has 2 amide bonds. The maximum Gasteiger partial charge on any atom is 0.300 e. The summed E-state index contributed by atoms with van der Waals surface area (Å²) in [5.74, 6) is -2.07. The van der Waals surface area contributed by atoms with Gasteiger partial charge in [-0.05, 0) is 48.0 Å². The minimum absolute atomic E-state index is 0.0323. The molecule has 2 N–H and O–H groups in total. The van der Waals surface area contributed by atoms with Gasteiger partial charge in [0.2, 0.25) is 5.91 Å². The van der Waals surface area contributed by atoms with E-state index in [1.165, 1.54) is 24.2 Å². The summed E-state index contributed by atoms with van der Waals surface area (Å²) in [7, 11) is 0. The van der Waals surface area contributed by atoms with Crippen LogP contribution < -0.4 is 10.2 Å². The van der Waals surface area contributed by atoms with E-state index in [-0.39, 0.29) is 17.2 Å². The van der Waals surface area contributed by atoms with Gasteiger partial charge in [0.25, 0.3) is 11.7 Å². The number of carbonyl (C=O) groups is 3. The van der Waals surface area contributed by atoms with Gasteiger partial charge in [0.1, 0.15) is 5.76 Å². The van der Waals surface area contributed by atoms with E-state index in [0.29, 0.717) is 22.5 Å². The molecule has 154 valence electrons. The van der Waals surface area contributed by atoms with Crippen molar-refractivity contribution in [2.75, 3.05) is 10.2 Å². The Labute approximate surface area is 177 Å². The molecular weight excluding hydrogens is 396 g/mol. The second kappa shape index (κ2) is 8.19. The number of nitrogens with zero attached hydrogens (tertiary/aromatic N) is 3. The Morgan fingerprint density at radius 1 is 1.00 bits per heavy atom. The van der Waals surface area contributed by atoms with E-state index in [4.69, 9.17) is 0 Å². The summed E-state index contributed by atoms with van der Waals surface area (Å²) in [5.41, 5.74) is 1.92. The number of carbonyl (C=O) groups excluding carboxylic acids is 3. The summed E-state index contributed by atoms with van der Waals surface area (Å²) in [6.07, 6.45) is 6.12. The third kappa shape index (κ3) is 3.78. The molecule has 3 aromatic rings. The predicted molar refractivity (Wildman–Crippen MR) is 114 cm³/mol. The van der Waals surface area contributed by atoms with Crippen LogP contribution in [0.4, 0.5) is 11.4 Å². The molecular formula is C23H18N4O4. The number of aliphatic hydroxyl groups excluding tert-OH is 1. The van der Waals surface area contributed by atoms with Crippen molar-refractivity contribution in [3.63, 3.8) is 0 Å². The molecule has 8 heteroatoms. The van der Waals surface area contributed by atoms with Crippen LogP contribution in [0.15, 0.2) is 78.9 Å². The van der Waals surface area contributed by atoms with Crippen LogP contribution in [0.5, 0.6) is 0 Å². The van der Waals surface area contributed by atoms with Gasteiger partial charge in [-0.1, -0.05) is 6.07 Å². The second-order valence-electron chi connectivity index (χ2n) is 6.92. The first-order valence-corrected chi connectivity index (χ1v) is 9.46. The smallest absolute Gasteiger partial charge is 0.300 e. The Balaban J connectivity index is 1.86. The fraction of sp³-hybridized carbons (Fsp3) is 0.0870.